The fourth-order valence-electron chi connectivity index (χ4n) is 1.54. The lowest BCUT2D eigenvalue weighted by atomic mass is 10.2. The predicted molar refractivity (Wildman–Crippen MR) is 82.2 cm³/mol. The zero-order chi connectivity index (χ0) is 13.7. The monoisotopic (exact) mass is 370 g/mol. The first-order valence-electron chi connectivity index (χ1n) is 5.52. The summed E-state index contributed by atoms with van der Waals surface area (Å²) in [6, 6.07) is 13.9. The average Bonchev–Trinajstić information content (AvgIpc) is 2.41. The summed E-state index contributed by atoms with van der Waals surface area (Å²) in [5.74, 6) is 5.34. The summed E-state index contributed by atoms with van der Waals surface area (Å²) >= 11 is 2.18. The van der Waals surface area contributed by atoms with Gasteiger partial charge in [0.25, 0.3) is 0 Å². The van der Waals surface area contributed by atoms with E-state index in [1.165, 1.54) is 6.07 Å². The van der Waals surface area contributed by atoms with Crippen molar-refractivity contribution in [3.8, 4) is 0 Å². The van der Waals surface area contributed by atoms with Crippen LogP contribution in [0.4, 0.5) is 10.1 Å². The molecule has 98 valence electrons. The first kappa shape index (κ1) is 13.9. The molecule has 0 aliphatic rings. The van der Waals surface area contributed by atoms with E-state index in [2.05, 4.69) is 38.5 Å². The van der Waals surface area contributed by atoms with Crippen molar-refractivity contribution in [1.82, 2.24) is 11.0 Å². The zero-order valence-electron chi connectivity index (χ0n) is 9.90. The van der Waals surface area contributed by atoms with Gasteiger partial charge in [-0.1, -0.05) is 30.3 Å². The average molecular weight is 370 g/mol. The number of hydrogen-bond acceptors (Lipinski definition) is 3. The van der Waals surface area contributed by atoms with Gasteiger partial charge in [-0.2, -0.15) is 5.53 Å². The molecule has 0 heterocycles. The highest BCUT2D eigenvalue weighted by Crippen LogP contribution is 2.19. The van der Waals surface area contributed by atoms with Crippen molar-refractivity contribution in [3.63, 3.8) is 0 Å². The van der Waals surface area contributed by atoms with Crippen LogP contribution in [0.1, 0.15) is 5.56 Å². The molecule has 4 N–H and O–H groups in total. The molecular weight excluding hydrogens is 358 g/mol. The second kappa shape index (κ2) is 6.60. The molecule has 2 aromatic rings. The molecule has 0 aliphatic heterocycles. The van der Waals surface area contributed by atoms with Crippen LogP contribution >= 0.6 is 22.6 Å². The lowest BCUT2D eigenvalue weighted by molar-refractivity contribution is 0.629. The summed E-state index contributed by atoms with van der Waals surface area (Å²) in [6.45, 7) is 0. The Morgan fingerprint density at radius 2 is 1.79 bits per heavy atom. The van der Waals surface area contributed by atoms with Gasteiger partial charge in [-0.25, -0.2) is 9.38 Å². The van der Waals surface area contributed by atoms with Gasteiger partial charge in [0.2, 0.25) is 0 Å². The number of nitrogens with two attached hydrogens (primary N) is 1. The molecule has 2 aromatic carbocycles. The number of nitrogens with one attached hydrogen (secondary N) is 2. The van der Waals surface area contributed by atoms with E-state index in [1.54, 1.807) is 18.2 Å². The second-order valence-electron chi connectivity index (χ2n) is 3.66. The molecule has 0 radical (unpaired) electrons. The summed E-state index contributed by atoms with van der Waals surface area (Å²) in [4.78, 5) is 4.26. The minimum atomic E-state index is -0.384. The Bertz CT molecular complexity index is 601. The molecular formula is C13H12FIN4. The van der Waals surface area contributed by atoms with Crippen LogP contribution in [-0.2, 0) is 0 Å². The number of hydrazine groups is 2. The number of aliphatic imine (C=N–C) groups is 1. The topological polar surface area (TPSA) is 62.4 Å². The van der Waals surface area contributed by atoms with E-state index in [1.807, 2.05) is 24.3 Å². The van der Waals surface area contributed by atoms with Gasteiger partial charge in [-0.3, -0.25) is 11.3 Å². The lowest BCUT2D eigenvalue weighted by Crippen LogP contribution is -2.42. The summed E-state index contributed by atoms with van der Waals surface area (Å²) in [5, 5.41) is 0. The molecule has 4 nitrogen and oxygen atoms in total. The SMILES string of the molecule is NNNC(=Nc1ccccc1F)c1ccccc1I. The molecule has 0 bridgehead atoms. The van der Waals surface area contributed by atoms with Gasteiger partial charge >= 0.3 is 0 Å². The molecule has 0 saturated carbocycles. The summed E-state index contributed by atoms with van der Waals surface area (Å²) in [6.07, 6.45) is 0. The fourth-order valence-corrected chi connectivity index (χ4v) is 2.18. The number of benzene rings is 2. The van der Waals surface area contributed by atoms with E-state index >= 15 is 0 Å². The Kier molecular flexibility index (Phi) is 4.83. The molecule has 6 heteroatoms. The molecule has 0 spiro atoms. The third-order valence-corrected chi connectivity index (χ3v) is 3.34. The molecule has 0 amide bonds. The predicted octanol–water partition coefficient (Wildman–Crippen LogP) is 2.48. The van der Waals surface area contributed by atoms with Crippen LogP contribution in [0.2, 0.25) is 0 Å². The van der Waals surface area contributed by atoms with Crippen LogP contribution in [-0.4, -0.2) is 5.84 Å². The van der Waals surface area contributed by atoms with Gasteiger partial charge in [0.1, 0.15) is 17.3 Å². The molecule has 0 atom stereocenters. The van der Waals surface area contributed by atoms with Crippen molar-refractivity contribution < 1.29 is 4.39 Å². The largest absolute Gasteiger partial charge is 0.292 e. The number of halogens is 2. The van der Waals surface area contributed by atoms with Crippen molar-refractivity contribution in [2.45, 2.75) is 0 Å². The minimum Gasteiger partial charge on any atom is -0.292 e. The standard InChI is InChI=1S/C13H12FIN4/c14-10-6-2-4-8-12(10)17-13(18-19-16)9-5-1-3-7-11(9)15/h1-8,19H,16H2,(H,17,18). The van der Waals surface area contributed by atoms with Crippen LogP contribution in [0.15, 0.2) is 53.5 Å². The second-order valence-corrected chi connectivity index (χ2v) is 4.82. The van der Waals surface area contributed by atoms with Gasteiger partial charge in [-0.15, -0.1) is 0 Å². The first-order chi connectivity index (χ1) is 9.22. The van der Waals surface area contributed by atoms with Crippen molar-refractivity contribution in [2.24, 2.45) is 10.8 Å². The van der Waals surface area contributed by atoms with Crippen molar-refractivity contribution in [1.29, 1.82) is 0 Å². The summed E-state index contributed by atoms with van der Waals surface area (Å²) in [5.41, 5.74) is 6.14. The number of hydrogen-bond donors (Lipinski definition) is 3. The van der Waals surface area contributed by atoms with E-state index in [4.69, 9.17) is 5.84 Å². The Morgan fingerprint density at radius 1 is 1.11 bits per heavy atom. The maximum atomic E-state index is 13.6. The van der Waals surface area contributed by atoms with Crippen LogP contribution in [0.3, 0.4) is 0 Å². The van der Waals surface area contributed by atoms with E-state index < -0.39 is 0 Å². The van der Waals surface area contributed by atoms with Crippen molar-refractivity contribution in [2.75, 3.05) is 0 Å². The van der Waals surface area contributed by atoms with Crippen LogP contribution in [0, 0.1) is 9.39 Å². The third-order valence-electron chi connectivity index (χ3n) is 2.40. The fraction of sp³-hybridized carbons (Fsp3) is 0. The van der Waals surface area contributed by atoms with Gasteiger partial charge in [-0.05, 0) is 40.8 Å². The maximum absolute atomic E-state index is 13.6. The molecule has 0 aromatic heterocycles. The number of amidine groups is 1. The highest BCUT2D eigenvalue weighted by atomic mass is 127. The molecule has 0 aliphatic carbocycles. The molecule has 0 fully saturated rings. The van der Waals surface area contributed by atoms with Crippen LogP contribution in [0.5, 0.6) is 0 Å². The van der Waals surface area contributed by atoms with Gasteiger partial charge in [0.05, 0.1) is 0 Å². The normalized spacial score (nSPS) is 11.4. The van der Waals surface area contributed by atoms with E-state index in [0.717, 1.165) is 9.13 Å². The lowest BCUT2D eigenvalue weighted by Gasteiger charge is -2.10. The van der Waals surface area contributed by atoms with E-state index in [9.17, 15) is 4.39 Å². The van der Waals surface area contributed by atoms with Gasteiger partial charge in [0, 0.05) is 9.13 Å². The van der Waals surface area contributed by atoms with E-state index in [0.29, 0.717) is 5.84 Å². The van der Waals surface area contributed by atoms with Crippen LogP contribution < -0.4 is 16.8 Å². The molecule has 0 saturated heterocycles. The van der Waals surface area contributed by atoms with Gasteiger partial charge in [0.15, 0.2) is 0 Å². The number of nitrogens with zero attached hydrogens (tertiary/aromatic N) is 1. The third kappa shape index (κ3) is 3.49. The van der Waals surface area contributed by atoms with Gasteiger partial charge < -0.3 is 0 Å². The quantitative estimate of drug-likeness (QED) is 0.256. The first-order valence-corrected chi connectivity index (χ1v) is 6.60. The molecule has 2 rings (SSSR count). The minimum absolute atomic E-state index is 0.250. The Morgan fingerprint density at radius 3 is 2.47 bits per heavy atom. The molecule has 0 unspecified atom stereocenters. The maximum Gasteiger partial charge on any atom is 0.150 e. The Hall–Kier alpha value is -1.51. The smallest absolute Gasteiger partial charge is 0.150 e. The summed E-state index contributed by atoms with van der Waals surface area (Å²) in [7, 11) is 0. The van der Waals surface area contributed by atoms with Crippen molar-refractivity contribution >= 4 is 34.1 Å². The highest BCUT2D eigenvalue weighted by molar-refractivity contribution is 14.1. The number of rotatable bonds is 3. The Balaban J connectivity index is 2.47. The number of para-hydroxylation sites is 1. The van der Waals surface area contributed by atoms with Crippen molar-refractivity contribution in [3.05, 3.63) is 63.5 Å². The highest BCUT2D eigenvalue weighted by Gasteiger charge is 2.08. The Labute approximate surface area is 124 Å². The van der Waals surface area contributed by atoms with E-state index in [-0.39, 0.29) is 11.5 Å². The zero-order valence-corrected chi connectivity index (χ0v) is 12.1. The van der Waals surface area contributed by atoms with Crippen LogP contribution in [0.25, 0.3) is 0 Å². The molecule has 19 heavy (non-hydrogen) atoms. The summed E-state index contributed by atoms with van der Waals surface area (Å²) < 4.78 is 14.6.